The quantitative estimate of drug-likeness (QED) is 0.890. The van der Waals surface area contributed by atoms with E-state index in [2.05, 4.69) is 16.0 Å². The summed E-state index contributed by atoms with van der Waals surface area (Å²) in [5.74, 6) is 1.49. The van der Waals surface area contributed by atoms with E-state index < -0.39 is 0 Å². The van der Waals surface area contributed by atoms with Gasteiger partial charge in [-0.2, -0.15) is 0 Å². The highest BCUT2D eigenvalue weighted by atomic mass is 16.5. The number of aromatic nitrogens is 1. The summed E-state index contributed by atoms with van der Waals surface area (Å²) >= 11 is 0. The number of hydrogen-bond acceptors (Lipinski definition) is 4. The van der Waals surface area contributed by atoms with Gasteiger partial charge in [0.2, 0.25) is 0 Å². The number of hydrogen-bond donors (Lipinski definition) is 1. The highest BCUT2D eigenvalue weighted by Gasteiger charge is 2.26. The molecule has 0 amide bonds. The van der Waals surface area contributed by atoms with Gasteiger partial charge in [-0.1, -0.05) is 0 Å². The van der Waals surface area contributed by atoms with Crippen LogP contribution >= 0.6 is 0 Å². The zero-order valence-corrected chi connectivity index (χ0v) is 10.5. The molecule has 0 spiro atoms. The molecule has 3 rings (SSSR count). The van der Waals surface area contributed by atoms with Gasteiger partial charge < -0.3 is 15.4 Å². The van der Waals surface area contributed by atoms with Crippen molar-refractivity contribution in [2.24, 2.45) is 11.7 Å². The number of nitrogens with two attached hydrogens (primary N) is 1. The largest absolute Gasteiger partial charge is 0.497 e. The van der Waals surface area contributed by atoms with Crippen LogP contribution < -0.4 is 15.4 Å². The Morgan fingerprint density at radius 3 is 2.94 bits per heavy atom. The number of benzene rings is 1. The molecular weight excluding hydrogens is 226 g/mol. The van der Waals surface area contributed by atoms with Crippen LogP contribution in [0.3, 0.4) is 0 Å². The van der Waals surface area contributed by atoms with E-state index in [1.807, 2.05) is 24.4 Å². The van der Waals surface area contributed by atoms with Gasteiger partial charge in [-0.25, -0.2) is 0 Å². The smallest absolute Gasteiger partial charge is 0.119 e. The monoisotopic (exact) mass is 243 g/mol. The maximum atomic E-state index is 5.67. The molecule has 2 aromatic rings. The van der Waals surface area contributed by atoms with E-state index in [1.54, 1.807) is 7.11 Å². The number of pyridine rings is 1. The van der Waals surface area contributed by atoms with Crippen LogP contribution in [0.25, 0.3) is 10.9 Å². The van der Waals surface area contributed by atoms with E-state index in [0.717, 1.165) is 36.3 Å². The number of rotatable bonds is 3. The molecule has 18 heavy (non-hydrogen) atoms. The summed E-state index contributed by atoms with van der Waals surface area (Å²) in [7, 11) is 1.69. The lowest BCUT2D eigenvalue weighted by atomic mass is 9.98. The van der Waals surface area contributed by atoms with Crippen LogP contribution in [0.5, 0.6) is 5.75 Å². The molecule has 1 aliphatic rings. The molecule has 2 heterocycles. The highest BCUT2D eigenvalue weighted by Crippen LogP contribution is 2.32. The minimum atomic E-state index is 0.624. The summed E-state index contributed by atoms with van der Waals surface area (Å²) in [5, 5.41) is 1.15. The zero-order chi connectivity index (χ0) is 12.5. The van der Waals surface area contributed by atoms with E-state index in [0.29, 0.717) is 5.92 Å². The Labute approximate surface area is 106 Å². The molecule has 4 nitrogen and oxygen atoms in total. The van der Waals surface area contributed by atoms with Gasteiger partial charge in [0.15, 0.2) is 0 Å². The van der Waals surface area contributed by atoms with Gasteiger partial charge in [-0.05, 0) is 30.8 Å². The van der Waals surface area contributed by atoms with Crippen LogP contribution in [0.15, 0.2) is 30.5 Å². The fourth-order valence-electron chi connectivity index (χ4n) is 2.43. The van der Waals surface area contributed by atoms with Crippen LogP contribution in [-0.4, -0.2) is 31.7 Å². The van der Waals surface area contributed by atoms with Gasteiger partial charge in [-0.3, -0.25) is 4.98 Å². The van der Waals surface area contributed by atoms with E-state index >= 15 is 0 Å². The second-order valence-electron chi connectivity index (χ2n) is 4.72. The van der Waals surface area contributed by atoms with Crippen molar-refractivity contribution >= 4 is 16.6 Å². The molecule has 1 aromatic carbocycles. The standard InChI is InChI=1S/C14H17N3O/c1-18-11-2-3-13-12(6-11)14(4-5-16-13)17-8-10(7-15)9-17/h2-6,10H,7-9,15H2,1H3. The Bertz CT molecular complexity index is 564. The second-order valence-corrected chi connectivity index (χ2v) is 4.72. The topological polar surface area (TPSA) is 51.4 Å². The summed E-state index contributed by atoms with van der Waals surface area (Å²) in [6.07, 6.45) is 1.86. The van der Waals surface area contributed by atoms with Gasteiger partial charge in [0.1, 0.15) is 5.75 Å². The van der Waals surface area contributed by atoms with Crippen molar-refractivity contribution in [1.29, 1.82) is 0 Å². The molecule has 0 saturated carbocycles. The Kier molecular flexibility index (Phi) is 2.80. The molecule has 0 bridgehead atoms. The lowest BCUT2D eigenvalue weighted by Crippen LogP contribution is -2.50. The first-order valence-electron chi connectivity index (χ1n) is 6.19. The average molecular weight is 243 g/mol. The van der Waals surface area contributed by atoms with Gasteiger partial charge >= 0.3 is 0 Å². The van der Waals surface area contributed by atoms with Crippen LogP contribution in [0.2, 0.25) is 0 Å². The third-order valence-corrected chi connectivity index (χ3v) is 3.56. The maximum absolute atomic E-state index is 5.67. The second kappa shape index (κ2) is 4.46. The lowest BCUT2D eigenvalue weighted by Gasteiger charge is -2.41. The highest BCUT2D eigenvalue weighted by molar-refractivity contribution is 5.92. The molecule has 0 unspecified atom stereocenters. The van der Waals surface area contributed by atoms with Crippen LogP contribution in [0.1, 0.15) is 0 Å². The number of anilines is 1. The van der Waals surface area contributed by atoms with Crippen molar-refractivity contribution in [3.05, 3.63) is 30.5 Å². The molecule has 94 valence electrons. The Morgan fingerprint density at radius 2 is 2.22 bits per heavy atom. The third kappa shape index (κ3) is 1.78. The number of fused-ring (bicyclic) bond motifs is 1. The Hall–Kier alpha value is -1.81. The molecule has 0 atom stereocenters. The van der Waals surface area contributed by atoms with Gasteiger partial charge in [0.25, 0.3) is 0 Å². The number of nitrogens with zero attached hydrogens (tertiary/aromatic N) is 2. The van der Waals surface area contributed by atoms with Crippen molar-refractivity contribution < 1.29 is 4.74 Å². The fraction of sp³-hybridized carbons (Fsp3) is 0.357. The molecular formula is C14H17N3O. The number of ether oxygens (including phenoxy) is 1. The molecule has 2 N–H and O–H groups in total. The normalized spacial score (nSPS) is 15.8. The minimum Gasteiger partial charge on any atom is -0.497 e. The molecule has 0 aliphatic carbocycles. The minimum absolute atomic E-state index is 0.624. The summed E-state index contributed by atoms with van der Waals surface area (Å²) in [4.78, 5) is 6.74. The SMILES string of the molecule is COc1ccc2nccc(N3CC(CN)C3)c2c1. The zero-order valence-electron chi connectivity index (χ0n) is 10.5. The average Bonchev–Trinajstić information content (AvgIpc) is 2.37. The van der Waals surface area contributed by atoms with Gasteiger partial charge in [-0.15, -0.1) is 0 Å². The van der Waals surface area contributed by atoms with E-state index in [-0.39, 0.29) is 0 Å². The van der Waals surface area contributed by atoms with Crippen LogP contribution in [0, 0.1) is 5.92 Å². The van der Waals surface area contributed by atoms with Gasteiger partial charge in [0.05, 0.1) is 12.6 Å². The predicted octanol–water partition coefficient (Wildman–Crippen LogP) is 1.64. The molecule has 1 fully saturated rings. The fourth-order valence-corrected chi connectivity index (χ4v) is 2.43. The summed E-state index contributed by atoms with van der Waals surface area (Å²) in [6.45, 7) is 2.84. The van der Waals surface area contributed by atoms with Crippen molar-refractivity contribution in [1.82, 2.24) is 4.98 Å². The van der Waals surface area contributed by atoms with Crippen molar-refractivity contribution in [2.75, 3.05) is 31.6 Å². The molecule has 4 heteroatoms. The van der Waals surface area contributed by atoms with Crippen molar-refractivity contribution in [3.63, 3.8) is 0 Å². The van der Waals surface area contributed by atoms with E-state index in [9.17, 15) is 0 Å². The molecule has 1 aliphatic heterocycles. The first-order valence-corrected chi connectivity index (χ1v) is 6.19. The number of methoxy groups -OCH3 is 1. The summed E-state index contributed by atoms with van der Waals surface area (Å²) in [5.41, 5.74) is 7.90. The molecule has 1 aromatic heterocycles. The third-order valence-electron chi connectivity index (χ3n) is 3.56. The summed E-state index contributed by atoms with van der Waals surface area (Å²) < 4.78 is 5.28. The van der Waals surface area contributed by atoms with E-state index in [4.69, 9.17) is 10.5 Å². The first kappa shape index (κ1) is 11.3. The van der Waals surface area contributed by atoms with Gasteiger partial charge in [0, 0.05) is 36.3 Å². The van der Waals surface area contributed by atoms with Crippen LogP contribution in [-0.2, 0) is 0 Å². The lowest BCUT2D eigenvalue weighted by molar-refractivity contribution is 0.414. The Morgan fingerprint density at radius 1 is 1.39 bits per heavy atom. The van der Waals surface area contributed by atoms with E-state index in [1.165, 1.54) is 5.69 Å². The summed E-state index contributed by atoms with van der Waals surface area (Å²) in [6, 6.07) is 8.05. The Balaban J connectivity index is 2.01. The van der Waals surface area contributed by atoms with Crippen molar-refractivity contribution in [2.45, 2.75) is 0 Å². The van der Waals surface area contributed by atoms with Crippen LogP contribution in [0.4, 0.5) is 5.69 Å². The molecule has 0 radical (unpaired) electrons. The first-order chi connectivity index (χ1) is 8.81. The predicted molar refractivity (Wildman–Crippen MR) is 73.1 cm³/mol. The maximum Gasteiger partial charge on any atom is 0.119 e. The molecule has 1 saturated heterocycles. The van der Waals surface area contributed by atoms with Crippen molar-refractivity contribution in [3.8, 4) is 5.75 Å².